The van der Waals surface area contributed by atoms with Crippen molar-refractivity contribution in [3.8, 4) is 0 Å². The zero-order valence-corrected chi connectivity index (χ0v) is 14.8. The molecule has 6 heteroatoms. The molecule has 0 saturated heterocycles. The monoisotopic (exact) mass is 356 g/mol. The van der Waals surface area contributed by atoms with Gasteiger partial charge in [-0.25, -0.2) is 4.98 Å². The summed E-state index contributed by atoms with van der Waals surface area (Å²) in [6, 6.07) is 0.469. The predicted octanol–water partition coefficient (Wildman–Crippen LogP) is 4.08. The molecule has 2 heterocycles. The van der Waals surface area contributed by atoms with Gasteiger partial charge in [0, 0.05) is 17.1 Å². The molecule has 0 spiro atoms. The maximum atomic E-state index is 4.49. The van der Waals surface area contributed by atoms with Crippen molar-refractivity contribution in [3.63, 3.8) is 0 Å². The number of halogens is 1. The van der Waals surface area contributed by atoms with Crippen molar-refractivity contribution in [1.29, 1.82) is 0 Å². The first-order valence-corrected chi connectivity index (χ1v) is 8.54. The Kier molecular flexibility index (Phi) is 5.35. The van der Waals surface area contributed by atoms with Crippen LogP contribution < -0.4 is 5.32 Å². The van der Waals surface area contributed by atoms with Gasteiger partial charge in [-0.2, -0.15) is 5.10 Å². The number of nitrogens with one attached hydrogen (secondary N) is 1. The van der Waals surface area contributed by atoms with Gasteiger partial charge in [-0.05, 0) is 49.7 Å². The normalized spacial score (nSPS) is 13.1. The molecule has 0 radical (unpaired) electrons. The average Bonchev–Trinajstić information content (AvgIpc) is 2.98. The molecule has 1 N–H and O–H groups in total. The number of thiazole rings is 1. The molecule has 4 nitrogen and oxygen atoms in total. The average molecular weight is 357 g/mol. The molecule has 20 heavy (non-hydrogen) atoms. The Morgan fingerprint density at radius 3 is 2.70 bits per heavy atom. The summed E-state index contributed by atoms with van der Waals surface area (Å²) in [5.41, 5.74) is 1.18. The minimum Gasteiger partial charge on any atom is -0.304 e. The van der Waals surface area contributed by atoms with Gasteiger partial charge in [0.25, 0.3) is 0 Å². The van der Waals surface area contributed by atoms with Crippen molar-refractivity contribution in [1.82, 2.24) is 20.1 Å². The maximum absolute atomic E-state index is 4.49. The molecule has 0 aliphatic heterocycles. The Hall–Kier alpha value is -0.720. The highest BCUT2D eigenvalue weighted by molar-refractivity contribution is 9.10. The standard InChI is InChI=1S/C14H21BrN4S/c1-5-6-16-13(12-8-17-10(4)20-12)14-11(15)7-18-19(14)9(2)3/h7-9,13,16H,5-6H2,1-4H3. The van der Waals surface area contributed by atoms with Crippen LogP contribution in [0.15, 0.2) is 16.9 Å². The number of hydrogen-bond donors (Lipinski definition) is 1. The van der Waals surface area contributed by atoms with Crippen LogP contribution in [0.3, 0.4) is 0 Å². The molecule has 1 unspecified atom stereocenters. The minimum atomic E-state index is 0.139. The zero-order valence-electron chi connectivity index (χ0n) is 12.4. The Bertz CT molecular complexity index is 561. The van der Waals surface area contributed by atoms with E-state index in [0.717, 1.165) is 22.4 Å². The second-order valence-corrected chi connectivity index (χ2v) is 7.21. The molecule has 2 rings (SSSR count). The van der Waals surface area contributed by atoms with Gasteiger partial charge in [-0.3, -0.25) is 4.68 Å². The predicted molar refractivity (Wildman–Crippen MR) is 87.3 cm³/mol. The van der Waals surface area contributed by atoms with Gasteiger partial charge < -0.3 is 5.32 Å². The lowest BCUT2D eigenvalue weighted by Gasteiger charge is -2.21. The van der Waals surface area contributed by atoms with Crippen molar-refractivity contribution in [2.24, 2.45) is 0 Å². The maximum Gasteiger partial charge on any atom is 0.0897 e. The van der Waals surface area contributed by atoms with Gasteiger partial charge in [0.1, 0.15) is 0 Å². The third kappa shape index (κ3) is 3.30. The van der Waals surface area contributed by atoms with E-state index in [-0.39, 0.29) is 6.04 Å². The van der Waals surface area contributed by atoms with Crippen LogP contribution in [0, 0.1) is 6.92 Å². The zero-order chi connectivity index (χ0) is 14.7. The molecular weight excluding hydrogens is 336 g/mol. The Morgan fingerprint density at radius 1 is 1.40 bits per heavy atom. The minimum absolute atomic E-state index is 0.139. The SMILES string of the molecule is CCCNC(c1cnc(C)s1)c1c(Br)cnn1C(C)C. The van der Waals surface area contributed by atoms with Crippen LogP contribution in [0.25, 0.3) is 0 Å². The number of rotatable bonds is 6. The van der Waals surface area contributed by atoms with Crippen LogP contribution in [0.5, 0.6) is 0 Å². The summed E-state index contributed by atoms with van der Waals surface area (Å²) in [4.78, 5) is 5.63. The fourth-order valence-electron chi connectivity index (χ4n) is 2.16. The molecule has 0 amide bonds. The van der Waals surface area contributed by atoms with E-state index in [0.29, 0.717) is 6.04 Å². The Labute approximate surface area is 132 Å². The molecule has 110 valence electrons. The van der Waals surface area contributed by atoms with Gasteiger partial charge in [0.2, 0.25) is 0 Å². The topological polar surface area (TPSA) is 42.7 Å². The first-order valence-electron chi connectivity index (χ1n) is 6.93. The van der Waals surface area contributed by atoms with Crippen LogP contribution in [0.1, 0.15) is 54.9 Å². The summed E-state index contributed by atoms with van der Waals surface area (Å²) in [6.45, 7) is 9.49. The van der Waals surface area contributed by atoms with Gasteiger partial charge in [-0.15, -0.1) is 11.3 Å². The molecule has 1 atom stereocenters. The van der Waals surface area contributed by atoms with E-state index in [1.54, 1.807) is 11.3 Å². The second kappa shape index (κ2) is 6.83. The molecular formula is C14H21BrN4S. The van der Waals surface area contributed by atoms with Gasteiger partial charge >= 0.3 is 0 Å². The lowest BCUT2D eigenvalue weighted by molar-refractivity contribution is 0.473. The van der Waals surface area contributed by atoms with Gasteiger partial charge in [0.05, 0.1) is 27.4 Å². The van der Waals surface area contributed by atoms with Crippen molar-refractivity contribution >= 4 is 27.3 Å². The lowest BCUT2D eigenvalue weighted by atomic mass is 10.1. The Balaban J connectivity index is 2.43. The highest BCUT2D eigenvalue weighted by Gasteiger charge is 2.24. The van der Waals surface area contributed by atoms with Crippen LogP contribution in [-0.4, -0.2) is 21.3 Å². The van der Waals surface area contributed by atoms with E-state index in [9.17, 15) is 0 Å². The van der Waals surface area contributed by atoms with Gasteiger partial charge in [0.15, 0.2) is 0 Å². The molecule has 0 bridgehead atoms. The van der Waals surface area contributed by atoms with E-state index in [4.69, 9.17) is 0 Å². The van der Waals surface area contributed by atoms with Crippen LogP contribution in [0.4, 0.5) is 0 Å². The molecule has 0 fully saturated rings. The summed E-state index contributed by atoms with van der Waals surface area (Å²) in [5, 5.41) is 9.20. The number of nitrogens with zero attached hydrogens (tertiary/aromatic N) is 3. The van der Waals surface area contributed by atoms with Crippen LogP contribution in [0.2, 0.25) is 0 Å². The van der Waals surface area contributed by atoms with Crippen molar-refractivity contribution in [2.45, 2.75) is 46.2 Å². The number of aromatic nitrogens is 3. The lowest BCUT2D eigenvalue weighted by Crippen LogP contribution is -2.26. The first-order chi connectivity index (χ1) is 9.54. The molecule has 2 aromatic rings. The van der Waals surface area contributed by atoms with E-state index in [1.807, 2.05) is 19.3 Å². The van der Waals surface area contributed by atoms with Crippen molar-refractivity contribution < 1.29 is 0 Å². The fourth-order valence-corrected chi connectivity index (χ4v) is 3.53. The second-order valence-electron chi connectivity index (χ2n) is 5.08. The Morgan fingerprint density at radius 2 is 2.15 bits per heavy atom. The number of hydrogen-bond acceptors (Lipinski definition) is 4. The molecule has 0 aromatic carbocycles. The third-order valence-electron chi connectivity index (χ3n) is 3.07. The highest BCUT2D eigenvalue weighted by Crippen LogP contribution is 2.33. The van der Waals surface area contributed by atoms with Gasteiger partial charge in [-0.1, -0.05) is 6.92 Å². The largest absolute Gasteiger partial charge is 0.304 e. The first kappa shape index (κ1) is 15.7. The smallest absolute Gasteiger partial charge is 0.0897 e. The summed E-state index contributed by atoms with van der Waals surface area (Å²) < 4.78 is 3.12. The highest BCUT2D eigenvalue weighted by atomic mass is 79.9. The summed E-state index contributed by atoms with van der Waals surface area (Å²) >= 11 is 5.38. The summed E-state index contributed by atoms with van der Waals surface area (Å²) in [7, 11) is 0. The van der Waals surface area contributed by atoms with Crippen LogP contribution in [-0.2, 0) is 0 Å². The summed E-state index contributed by atoms with van der Waals surface area (Å²) in [5.74, 6) is 0. The van der Waals surface area contributed by atoms with E-state index < -0.39 is 0 Å². The fraction of sp³-hybridized carbons (Fsp3) is 0.571. The third-order valence-corrected chi connectivity index (χ3v) is 4.66. The molecule has 0 saturated carbocycles. The van der Waals surface area contributed by atoms with E-state index in [1.165, 1.54) is 10.6 Å². The van der Waals surface area contributed by atoms with E-state index in [2.05, 4.69) is 56.8 Å². The van der Waals surface area contributed by atoms with Crippen LogP contribution >= 0.6 is 27.3 Å². The molecule has 0 aliphatic carbocycles. The molecule has 0 aliphatic rings. The van der Waals surface area contributed by atoms with E-state index >= 15 is 0 Å². The molecule has 2 aromatic heterocycles. The summed E-state index contributed by atoms with van der Waals surface area (Å²) in [6.07, 6.45) is 4.95. The number of aryl methyl sites for hydroxylation is 1. The quantitative estimate of drug-likeness (QED) is 0.847. The van der Waals surface area contributed by atoms with Crippen molar-refractivity contribution in [3.05, 3.63) is 32.4 Å². The van der Waals surface area contributed by atoms with Crippen molar-refractivity contribution in [2.75, 3.05) is 6.54 Å².